The molecule has 0 saturated carbocycles. The Morgan fingerprint density at radius 3 is 2.34 bits per heavy atom. The first-order valence-electron chi connectivity index (χ1n) is 12.2. The van der Waals surface area contributed by atoms with Gasteiger partial charge in [-0.25, -0.2) is 4.39 Å². The molecule has 1 aliphatic heterocycles. The molecule has 2 unspecified atom stereocenters. The first kappa shape index (κ1) is 25.1. The van der Waals surface area contributed by atoms with Crippen molar-refractivity contribution in [2.75, 3.05) is 0 Å². The maximum absolute atomic E-state index is 13.8. The van der Waals surface area contributed by atoms with E-state index >= 15 is 0 Å². The molecule has 1 saturated heterocycles. The predicted molar refractivity (Wildman–Crippen MR) is 135 cm³/mol. The molecular weight excluding hydrogens is 445 g/mol. The number of aromatic nitrogens is 1. The van der Waals surface area contributed by atoms with Crippen molar-refractivity contribution in [1.82, 2.24) is 4.57 Å². The monoisotopic (exact) mass is 479 g/mol. The number of nitrogens with zero attached hydrogens (tertiary/aromatic N) is 1. The van der Waals surface area contributed by atoms with Crippen LogP contribution in [0, 0.1) is 5.82 Å². The van der Waals surface area contributed by atoms with E-state index in [1.54, 1.807) is 0 Å². The van der Waals surface area contributed by atoms with Gasteiger partial charge in [0.05, 0.1) is 24.3 Å². The van der Waals surface area contributed by atoms with Crippen molar-refractivity contribution in [3.63, 3.8) is 0 Å². The van der Waals surface area contributed by atoms with Crippen LogP contribution in [0.4, 0.5) is 4.39 Å². The van der Waals surface area contributed by atoms with E-state index in [0.29, 0.717) is 19.4 Å². The Balaban J connectivity index is 1.71. The van der Waals surface area contributed by atoms with E-state index in [9.17, 15) is 14.3 Å². The first-order chi connectivity index (χ1) is 16.6. The molecule has 6 heteroatoms. The van der Waals surface area contributed by atoms with E-state index in [-0.39, 0.29) is 30.4 Å². The third-order valence-electron chi connectivity index (χ3n) is 6.43. The maximum atomic E-state index is 13.8. The Morgan fingerprint density at radius 2 is 1.71 bits per heavy atom. The van der Waals surface area contributed by atoms with Gasteiger partial charge >= 0.3 is 5.97 Å². The van der Waals surface area contributed by atoms with E-state index in [0.717, 1.165) is 22.4 Å². The number of hydrogen-bond acceptors (Lipinski definition) is 3. The SMILES string of the molecule is CC(C)c1cc(-c2ccccc2)c(-c2ccc(F)cc2)n1CCC1CC(CC(=O)O)OC(C)(C)O1. The smallest absolute Gasteiger partial charge is 0.305 e. The van der Waals surface area contributed by atoms with Crippen LogP contribution < -0.4 is 0 Å². The normalized spacial score (nSPS) is 19.7. The Hall–Kier alpha value is -2.96. The predicted octanol–water partition coefficient (Wildman–Crippen LogP) is 6.86. The topological polar surface area (TPSA) is 60.7 Å². The van der Waals surface area contributed by atoms with Gasteiger partial charge in [0, 0.05) is 24.2 Å². The van der Waals surface area contributed by atoms with E-state index < -0.39 is 11.8 Å². The Morgan fingerprint density at radius 1 is 1.06 bits per heavy atom. The highest BCUT2D eigenvalue weighted by Crippen LogP contribution is 2.39. The maximum Gasteiger partial charge on any atom is 0.305 e. The standard InChI is InChI=1S/C29H34FNO4/c1-19(2)26-18-25(20-8-6-5-7-9-20)28(21-10-12-22(30)13-11-21)31(26)15-14-23-16-24(17-27(32)33)35-29(3,4)34-23/h5-13,18-19,23-24H,14-17H2,1-4H3,(H,32,33). The Bertz CT molecular complexity index is 1150. The summed E-state index contributed by atoms with van der Waals surface area (Å²) in [6.45, 7) is 8.70. The fourth-order valence-corrected chi connectivity index (χ4v) is 5.03. The van der Waals surface area contributed by atoms with Gasteiger partial charge in [0.15, 0.2) is 5.79 Å². The molecule has 2 aromatic carbocycles. The summed E-state index contributed by atoms with van der Waals surface area (Å²) in [6, 6.07) is 19.1. The molecule has 5 nitrogen and oxygen atoms in total. The van der Waals surface area contributed by atoms with Crippen LogP contribution in [0.15, 0.2) is 60.7 Å². The fraction of sp³-hybridized carbons (Fsp3) is 0.414. The molecule has 0 spiro atoms. The third-order valence-corrected chi connectivity index (χ3v) is 6.43. The van der Waals surface area contributed by atoms with Crippen molar-refractivity contribution in [3.05, 3.63) is 72.2 Å². The number of halogens is 1. The number of ether oxygens (including phenoxy) is 2. The van der Waals surface area contributed by atoms with Crippen molar-refractivity contribution >= 4 is 5.97 Å². The van der Waals surface area contributed by atoms with Crippen molar-refractivity contribution in [3.8, 4) is 22.4 Å². The molecule has 2 atom stereocenters. The molecular formula is C29H34FNO4. The molecule has 0 radical (unpaired) electrons. The number of carboxylic acids is 1. The second-order valence-corrected chi connectivity index (χ2v) is 10.0. The lowest BCUT2D eigenvalue weighted by molar-refractivity contribution is -0.300. The highest BCUT2D eigenvalue weighted by molar-refractivity contribution is 5.82. The first-order valence-corrected chi connectivity index (χ1v) is 12.2. The zero-order valence-electron chi connectivity index (χ0n) is 20.8. The van der Waals surface area contributed by atoms with E-state index in [2.05, 4.69) is 36.6 Å². The summed E-state index contributed by atoms with van der Waals surface area (Å²) in [6.07, 6.45) is 0.687. The van der Waals surface area contributed by atoms with Gasteiger partial charge in [0.25, 0.3) is 0 Å². The number of benzene rings is 2. The summed E-state index contributed by atoms with van der Waals surface area (Å²) in [5.74, 6) is -1.70. The van der Waals surface area contributed by atoms with E-state index in [4.69, 9.17) is 9.47 Å². The molecule has 0 bridgehead atoms. The van der Waals surface area contributed by atoms with Gasteiger partial charge in [-0.15, -0.1) is 0 Å². The average molecular weight is 480 g/mol. The van der Waals surface area contributed by atoms with Crippen molar-refractivity contribution in [2.24, 2.45) is 0 Å². The molecule has 2 heterocycles. The average Bonchev–Trinajstić information content (AvgIpc) is 3.17. The van der Waals surface area contributed by atoms with Gasteiger partial charge < -0.3 is 19.1 Å². The van der Waals surface area contributed by atoms with E-state index in [1.807, 2.05) is 44.2 Å². The van der Waals surface area contributed by atoms with Crippen LogP contribution in [-0.2, 0) is 20.8 Å². The van der Waals surface area contributed by atoms with Gasteiger partial charge in [-0.2, -0.15) is 0 Å². The molecule has 1 aromatic heterocycles. The summed E-state index contributed by atoms with van der Waals surface area (Å²) in [5, 5.41) is 9.27. The number of rotatable bonds is 8. The highest BCUT2D eigenvalue weighted by atomic mass is 19.1. The Kier molecular flexibility index (Phi) is 7.43. The van der Waals surface area contributed by atoms with E-state index in [1.165, 1.54) is 17.8 Å². The quantitative estimate of drug-likeness (QED) is 0.383. The number of carbonyl (C=O) groups is 1. The van der Waals surface area contributed by atoms with Gasteiger partial charge in [-0.05, 0) is 67.6 Å². The summed E-state index contributed by atoms with van der Waals surface area (Å²) >= 11 is 0. The van der Waals surface area contributed by atoms with Gasteiger partial charge in [-0.3, -0.25) is 4.79 Å². The third kappa shape index (κ3) is 6.00. The molecule has 4 rings (SSSR count). The zero-order chi connectivity index (χ0) is 25.2. The minimum atomic E-state index is -0.870. The van der Waals surface area contributed by atoms with Crippen molar-refractivity contribution in [1.29, 1.82) is 0 Å². The molecule has 0 aliphatic carbocycles. The number of aliphatic carboxylic acids is 1. The van der Waals surface area contributed by atoms with Crippen molar-refractivity contribution < 1.29 is 23.8 Å². The molecule has 1 fully saturated rings. The van der Waals surface area contributed by atoms with Crippen LogP contribution in [0.5, 0.6) is 0 Å². The van der Waals surface area contributed by atoms with Gasteiger partial charge in [0.1, 0.15) is 5.82 Å². The summed E-state index contributed by atoms with van der Waals surface area (Å²) in [4.78, 5) is 11.3. The van der Waals surface area contributed by atoms with Crippen LogP contribution in [0.1, 0.15) is 58.6 Å². The molecule has 0 amide bonds. The lowest BCUT2D eigenvalue weighted by atomic mass is 10.0. The minimum absolute atomic E-state index is 0.0387. The van der Waals surface area contributed by atoms with Crippen LogP contribution in [0.3, 0.4) is 0 Å². The zero-order valence-corrected chi connectivity index (χ0v) is 20.8. The van der Waals surface area contributed by atoms with Crippen LogP contribution >= 0.6 is 0 Å². The fourth-order valence-electron chi connectivity index (χ4n) is 5.03. The van der Waals surface area contributed by atoms with Gasteiger partial charge in [0.2, 0.25) is 0 Å². The van der Waals surface area contributed by atoms with Gasteiger partial charge in [-0.1, -0.05) is 44.2 Å². The van der Waals surface area contributed by atoms with Crippen molar-refractivity contribution in [2.45, 2.75) is 77.4 Å². The highest BCUT2D eigenvalue weighted by Gasteiger charge is 2.36. The second kappa shape index (κ2) is 10.3. The molecule has 35 heavy (non-hydrogen) atoms. The summed E-state index contributed by atoms with van der Waals surface area (Å²) < 4.78 is 28.1. The number of hydrogen-bond donors (Lipinski definition) is 1. The Labute approximate surface area is 206 Å². The van der Waals surface area contributed by atoms with Crippen LogP contribution in [0.2, 0.25) is 0 Å². The molecule has 1 N–H and O–H groups in total. The summed E-state index contributed by atoms with van der Waals surface area (Å²) in [5.41, 5.74) is 5.41. The molecule has 1 aliphatic rings. The number of carboxylic acid groups (broad SMARTS) is 1. The van der Waals surface area contributed by atoms with Crippen LogP contribution in [0.25, 0.3) is 22.4 Å². The molecule has 186 valence electrons. The lowest BCUT2D eigenvalue weighted by Gasteiger charge is -2.40. The minimum Gasteiger partial charge on any atom is -0.481 e. The largest absolute Gasteiger partial charge is 0.481 e. The van der Waals surface area contributed by atoms with Crippen LogP contribution in [-0.4, -0.2) is 33.6 Å². The second-order valence-electron chi connectivity index (χ2n) is 10.0. The molecule has 3 aromatic rings. The summed E-state index contributed by atoms with van der Waals surface area (Å²) in [7, 11) is 0. The lowest BCUT2D eigenvalue weighted by Crippen LogP contribution is -2.45.